The largest absolute Gasteiger partial charge is 0.481 e. The second kappa shape index (κ2) is 7.79. The summed E-state index contributed by atoms with van der Waals surface area (Å²) in [4.78, 5) is 23.6. The summed E-state index contributed by atoms with van der Waals surface area (Å²) in [5, 5.41) is 19.8. The minimum absolute atomic E-state index is 0.0859. The van der Waals surface area contributed by atoms with Crippen LogP contribution in [-0.2, 0) is 11.2 Å². The number of hydrogen-bond donors (Lipinski definition) is 2. The van der Waals surface area contributed by atoms with Crippen molar-refractivity contribution in [2.24, 2.45) is 0 Å². The van der Waals surface area contributed by atoms with E-state index in [-0.39, 0.29) is 18.9 Å². The van der Waals surface area contributed by atoms with Crippen molar-refractivity contribution in [3.8, 4) is 6.07 Å². The number of anilines is 1. The molecule has 0 aromatic heterocycles. The molecule has 0 spiro atoms. The maximum absolute atomic E-state index is 11.7. The summed E-state index contributed by atoms with van der Waals surface area (Å²) in [5.41, 5.74) is 1.54. The number of carboxylic acid groups (broad SMARTS) is 1. The van der Waals surface area contributed by atoms with E-state index in [1.165, 1.54) is 4.90 Å². The summed E-state index contributed by atoms with van der Waals surface area (Å²) >= 11 is 0. The van der Waals surface area contributed by atoms with E-state index in [4.69, 9.17) is 10.4 Å². The van der Waals surface area contributed by atoms with E-state index in [0.717, 1.165) is 5.56 Å². The van der Waals surface area contributed by atoms with Crippen molar-refractivity contribution in [2.75, 3.05) is 18.9 Å². The average Bonchev–Trinajstić information content (AvgIpc) is 2.43. The zero-order valence-corrected chi connectivity index (χ0v) is 11.3. The number of aliphatic carboxylic acids is 1. The SMILES string of the molecule is CN(CCC#N)C(=O)Nc1ccc(CCC(=O)O)cc1. The molecule has 1 rings (SSSR count). The van der Waals surface area contributed by atoms with E-state index in [9.17, 15) is 9.59 Å². The van der Waals surface area contributed by atoms with E-state index in [0.29, 0.717) is 18.7 Å². The monoisotopic (exact) mass is 275 g/mol. The number of benzene rings is 1. The van der Waals surface area contributed by atoms with Crippen LogP contribution in [0.3, 0.4) is 0 Å². The van der Waals surface area contributed by atoms with Crippen LogP contribution in [0.25, 0.3) is 0 Å². The summed E-state index contributed by atoms with van der Waals surface area (Å²) < 4.78 is 0. The standard InChI is InChI=1S/C14H17N3O3/c1-17(10-2-9-15)14(20)16-12-6-3-11(4-7-12)5-8-13(18)19/h3-4,6-7H,2,5,8,10H2,1H3,(H,16,20)(H,18,19). The Hall–Kier alpha value is -2.55. The molecule has 1 aromatic carbocycles. The zero-order chi connectivity index (χ0) is 15.0. The topological polar surface area (TPSA) is 93.4 Å². The molecule has 0 unspecified atom stereocenters. The molecule has 0 aliphatic heterocycles. The smallest absolute Gasteiger partial charge is 0.321 e. The molecule has 106 valence electrons. The van der Waals surface area contributed by atoms with Gasteiger partial charge in [-0.05, 0) is 24.1 Å². The van der Waals surface area contributed by atoms with Gasteiger partial charge in [0.15, 0.2) is 0 Å². The summed E-state index contributed by atoms with van der Waals surface area (Å²) in [7, 11) is 1.62. The number of nitrogens with zero attached hydrogens (tertiary/aromatic N) is 2. The summed E-state index contributed by atoms with van der Waals surface area (Å²) in [6, 6.07) is 8.73. The normalized spacial score (nSPS) is 9.60. The molecule has 6 heteroatoms. The van der Waals surface area contributed by atoms with E-state index < -0.39 is 5.97 Å². The molecule has 0 fully saturated rings. The molecule has 2 N–H and O–H groups in total. The van der Waals surface area contributed by atoms with Crippen LogP contribution in [0.5, 0.6) is 0 Å². The van der Waals surface area contributed by atoms with Crippen molar-refractivity contribution in [2.45, 2.75) is 19.3 Å². The van der Waals surface area contributed by atoms with Gasteiger partial charge in [0.05, 0.1) is 12.5 Å². The van der Waals surface area contributed by atoms with Gasteiger partial charge in [0.1, 0.15) is 0 Å². The number of rotatable bonds is 6. The number of carbonyl (C=O) groups excluding carboxylic acids is 1. The predicted molar refractivity (Wildman–Crippen MR) is 74.3 cm³/mol. The van der Waals surface area contributed by atoms with Gasteiger partial charge in [0.25, 0.3) is 0 Å². The van der Waals surface area contributed by atoms with Gasteiger partial charge >= 0.3 is 12.0 Å². The number of hydrogen-bond acceptors (Lipinski definition) is 3. The zero-order valence-electron chi connectivity index (χ0n) is 11.3. The molecule has 1 aromatic rings. The number of amides is 2. The van der Waals surface area contributed by atoms with E-state index in [1.807, 2.05) is 6.07 Å². The Labute approximate surface area is 117 Å². The highest BCUT2D eigenvalue weighted by molar-refractivity contribution is 5.89. The molecule has 0 aliphatic rings. The van der Waals surface area contributed by atoms with Gasteiger partial charge in [-0.3, -0.25) is 4.79 Å². The van der Waals surface area contributed by atoms with Crippen LogP contribution >= 0.6 is 0 Å². The molecule has 0 radical (unpaired) electrons. The highest BCUT2D eigenvalue weighted by Crippen LogP contribution is 2.11. The lowest BCUT2D eigenvalue weighted by atomic mass is 10.1. The molecule has 0 heterocycles. The van der Waals surface area contributed by atoms with Gasteiger partial charge in [-0.1, -0.05) is 12.1 Å². The molecule has 20 heavy (non-hydrogen) atoms. The van der Waals surface area contributed by atoms with Gasteiger partial charge in [-0.15, -0.1) is 0 Å². The third kappa shape index (κ3) is 5.40. The minimum Gasteiger partial charge on any atom is -0.481 e. The first-order valence-corrected chi connectivity index (χ1v) is 6.22. The highest BCUT2D eigenvalue weighted by Gasteiger charge is 2.08. The lowest BCUT2D eigenvalue weighted by molar-refractivity contribution is -0.136. The fourth-order valence-electron chi connectivity index (χ4n) is 1.54. The van der Waals surface area contributed by atoms with Crippen LogP contribution in [0.1, 0.15) is 18.4 Å². The molecule has 0 atom stereocenters. The Balaban J connectivity index is 2.50. The van der Waals surface area contributed by atoms with Crippen LogP contribution in [0.15, 0.2) is 24.3 Å². The fourth-order valence-corrected chi connectivity index (χ4v) is 1.54. The Kier molecular flexibility index (Phi) is 6.04. The second-order valence-corrected chi connectivity index (χ2v) is 4.35. The Morgan fingerprint density at radius 3 is 2.55 bits per heavy atom. The van der Waals surface area contributed by atoms with Gasteiger partial charge in [-0.25, -0.2) is 4.79 Å². The van der Waals surface area contributed by atoms with Crippen LogP contribution in [0.4, 0.5) is 10.5 Å². The van der Waals surface area contributed by atoms with E-state index in [1.54, 1.807) is 31.3 Å². The van der Waals surface area contributed by atoms with E-state index >= 15 is 0 Å². The van der Waals surface area contributed by atoms with Crippen molar-refractivity contribution < 1.29 is 14.7 Å². The third-order valence-corrected chi connectivity index (χ3v) is 2.74. The first kappa shape index (κ1) is 15.5. The first-order valence-electron chi connectivity index (χ1n) is 6.22. The molecule has 0 aliphatic carbocycles. The third-order valence-electron chi connectivity index (χ3n) is 2.74. The molecule has 2 amide bonds. The maximum Gasteiger partial charge on any atom is 0.321 e. The average molecular weight is 275 g/mol. The van der Waals surface area contributed by atoms with Crippen LogP contribution in [0, 0.1) is 11.3 Å². The molecule has 0 saturated carbocycles. The highest BCUT2D eigenvalue weighted by atomic mass is 16.4. The van der Waals surface area contributed by atoms with Crippen molar-refractivity contribution in [3.63, 3.8) is 0 Å². The molecular weight excluding hydrogens is 258 g/mol. The first-order chi connectivity index (χ1) is 9.52. The second-order valence-electron chi connectivity index (χ2n) is 4.35. The fraction of sp³-hybridized carbons (Fsp3) is 0.357. The van der Waals surface area contributed by atoms with Gasteiger partial charge in [0, 0.05) is 25.7 Å². The van der Waals surface area contributed by atoms with Gasteiger partial charge < -0.3 is 15.3 Å². The Bertz CT molecular complexity index is 505. The van der Waals surface area contributed by atoms with Crippen molar-refractivity contribution in [1.82, 2.24) is 4.90 Å². The molecular formula is C14H17N3O3. The summed E-state index contributed by atoms with van der Waals surface area (Å²) in [5.74, 6) is -0.832. The Morgan fingerprint density at radius 2 is 2.00 bits per heavy atom. The van der Waals surface area contributed by atoms with Crippen LogP contribution in [-0.4, -0.2) is 35.6 Å². The van der Waals surface area contributed by atoms with E-state index in [2.05, 4.69) is 5.32 Å². The van der Waals surface area contributed by atoms with Gasteiger partial charge in [-0.2, -0.15) is 5.26 Å². The number of nitrogens with one attached hydrogen (secondary N) is 1. The van der Waals surface area contributed by atoms with Crippen LogP contribution in [0.2, 0.25) is 0 Å². The van der Waals surface area contributed by atoms with Crippen molar-refractivity contribution in [3.05, 3.63) is 29.8 Å². The molecule has 0 saturated heterocycles. The Morgan fingerprint density at radius 1 is 1.35 bits per heavy atom. The minimum atomic E-state index is -0.832. The lowest BCUT2D eigenvalue weighted by Gasteiger charge is -2.16. The van der Waals surface area contributed by atoms with Crippen molar-refractivity contribution in [1.29, 1.82) is 5.26 Å². The number of carboxylic acids is 1. The van der Waals surface area contributed by atoms with Gasteiger partial charge in [0.2, 0.25) is 0 Å². The summed E-state index contributed by atoms with van der Waals surface area (Å²) in [6.07, 6.45) is 0.840. The van der Waals surface area contributed by atoms with Crippen molar-refractivity contribution >= 4 is 17.7 Å². The number of carbonyl (C=O) groups is 2. The lowest BCUT2D eigenvalue weighted by Crippen LogP contribution is -2.31. The number of nitriles is 1. The van der Waals surface area contributed by atoms with Crippen LogP contribution < -0.4 is 5.32 Å². The number of aryl methyl sites for hydroxylation is 1. The quantitative estimate of drug-likeness (QED) is 0.831. The number of urea groups is 1. The maximum atomic E-state index is 11.7. The molecule has 6 nitrogen and oxygen atoms in total. The molecule has 0 bridgehead atoms. The summed E-state index contributed by atoms with van der Waals surface area (Å²) in [6.45, 7) is 0.374. The predicted octanol–water partition coefficient (Wildman–Crippen LogP) is 2.08.